The fourth-order valence-corrected chi connectivity index (χ4v) is 4.04. The van der Waals surface area contributed by atoms with Gasteiger partial charge in [0, 0.05) is 37.4 Å². The highest BCUT2D eigenvalue weighted by Crippen LogP contribution is 2.23. The molecule has 2 N–H and O–H groups in total. The van der Waals surface area contributed by atoms with Crippen LogP contribution < -0.4 is 5.73 Å². The molecule has 164 valence electrons. The largest absolute Gasteiger partial charge is 0.399 e. The van der Waals surface area contributed by atoms with Crippen molar-refractivity contribution in [3.05, 3.63) is 108 Å². The lowest BCUT2D eigenvalue weighted by Crippen LogP contribution is -2.24. The Kier molecular flexibility index (Phi) is 7.36. The van der Waals surface area contributed by atoms with Gasteiger partial charge in [0.25, 0.3) is 0 Å². The minimum atomic E-state index is 0.800. The van der Waals surface area contributed by atoms with E-state index >= 15 is 0 Å². The SMILES string of the molecule is CCCCn1c(CN(Cc2ccccc2)Cc2ccc(N)cc2)cnc1-c1ccccc1. The van der Waals surface area contributed by atoms with Gasteiger partial charge in [-0.15, -0.1) is 0 Å². The van der Waals surface area contributed by atoms with Crippen molar-refractivity contribution in [2.75, 3.05) is 5.73 Å². The second-order valence-electron chi connectivity index (χ2n) is 8.32. The highest BCUT2D eigenvalue weighted by atomic mass is 15.2. The number of unbranched alkanes of at least 4 members (excludes halogenated alkanes) is 1. The van der Waals surface area contributed by atoms with Crippen molar-refractivity contribution in [2.45, 2.75) is 45.9 Å². The van der Waals surface area contributed by atoms with Gasteiger partial charge in [0.05, 0.1) is 11.9 Å². The van der Waals surface area contributed by atoms with E-state index in [1.807, 2.05) is 12.1 Å². The van der Waals surface area contributed by atoms with E-state index in [0.29, 0.717) is 0 Å². The lowest BCUT2D eigenvalue weighted by molar-refractivity contribution is 0.241. The van der Waals surface area contributed by atoms with Gasteiger partial charge in [-0.05, 0) is 29.7 Å². The molecular weight excluding hydrogens is 392 g/mol. The Bertz CT molecular complexity index is 1090. The summed E-state index contributed by atoms with van der Waals surface area (Å²) >= 11 is 0. The second-order valence-corrected chi connectivity index (χ2v) is 8.32. The first-order valence-corrected chi connectivity index (χ1v) is 11.4. The molecule has 1 heterocycles. The van der Waals surface area contributed by atoms with Crippen molar-refractivity contribution in [1.29, 1.82) is 0 Å². The first-order valence-electron chi connectivity index (χ1n) is 11.4. The van der Waals surface area contributed by atoms with Gasteiger partial charge in [0.15, 0.2) is 0 Å². The van der Waals surface area contributed by atoms with Crippen LogP contribution in [0.4, 0.5) is 5.69 Å². The lowest BCUT2D eigenvalue weighted by atomic mass is 10.1. The number of benzene rings is 3. The molecule has 0 aliphatic carbocycles. The van der Waals surface area contributed by atoms with Crippen LogP contribution in [0.1, 0.15) is 36.6 Å². The molecule has 0 saturated heterocycles. The van der Waals surface area contributed by atoms with E-state index in [2.05, 4.69) is 95.4 Å². The Labute approximate surface area is 191 Å². The molecule has 0 spiro atoms. The third-order valence-electron chi connectivity index (χ3n) is 5.73. The van der Waals surface area contributed by atoms with E-state index < -0.39 is 0 Å². The molecule has 1 aromatic heterocycles. The number of rotatable bonds is 10. The average molecular weight is 425 g/mol. The summed E-state index contributed by atoms with van der Waals surface area (Å²) in [5.74, 6) is 1.06. The highest BCUT2D eigenvalue weighted by molar-refractivity contribution is 5.55. The van der Waals surface area contributed by atoms with Crippen molar-refractivity contribution in [3.8, 4) is 11.4 Å². The van der Waals surface area contributed by atoms with Gasteiger partial charge in [-0.25, -0.2) is 4.98 Å². The van der Waals surface area contributed by atoms with Gasteiger partial charge in [0.2, 0.25) is 0 Å². The predicted molar refractivity (Wildman–Crippen MR) is 133 cm³/mol. The Hall–Kier alpha value is -3.37. The summed E-state index contributed by atoms with van der Waals surface area (Å²) in [4.78, 5) is 7.32. The average Bonchev–Trinajstić information content (AvgIpc) is 3.22. The summed E-state index contributed by atoms with van der Waals surface area (Å²) in [6, 6.07) is 29.4. The molecule has 0 aliphatic heterocycles. The van der Waals surface area contributed by atoms with Gasteiger partial charge >= 0.3 is 0 Å². The zero-order valence-corrected chi connectivity index (χ0v) is 18.8. The van der Waals surface area contributed by atoms with E-state index in [1.165, 1.54) is 22.4 Å². The maximum absolute atomic E-state index is 5.90. The Morgan fingerprint density at radius 1 is 0.781 bits per heavy atom. The molecule has 0 unspecified atom stereocenters. The number of hydrogen-bond donors (Lipinski definition) is 1. The zero-order valence-electron chi connectivity index (χ0n) is 18.8. The molecule has 0 bridgehead atoms. The molecule has 32 heavy (non-hydrogen) atoms. The topological polar surface area (TPSA) is 47.1 Å². The van der Waals surface area contributed by atoms with Gasteiger partial charge in [-0.2, -0.15) is 0 Å². The van der Waals surface area contributed by atoms with Crippen molar-refractivity contribution >= 4 is 5.69 Å². The van der Waals surface area contributed by atoms with Gasteiger partial charge < -0.3 is 10.3 Å². The van der Waals surface area contributed by atoms with Crippen LogP contribution in [0.15, 0.2) is 91.1 Å². The molecule has 0 aliphatic rings. The second kappa shape index (κ2) is 10.8. The van der Waals surface area contributed by atoms with Crippen LogP contribution in [0, 0.1) is 0 Å². The first-order chi connectivity index (χ1) is 15.7. The number of nitrogen functional groups attached to an aromatic ring is 1. The van der Waals surface area contributed by atoms with Crippen molar-refractivity contribution in [3.63, 3.8) is 0 Å². The van der Waals surface area contributed by atoms with E-state index in [-0.39, 0.29) is 0 Å². The zero-order chi connectivity index (χ0) is 22.2. The van der Waals surface area contributed by atoms with Gasteiger partial charge in [-0.3, -0.25) is 4.90 Å². The van der Waals surface area contributed by atoms with E-state index in [0.717, 1.165) is 50.5 Å². The van der Waals surface area contributed by atoms with Crippen LogP contribution in [0.25, 0.3) is 11.4 Å². The fraction of sp³-hybridized carbons (Fsp3) is 0.250. The van der Waals surface area contributed by atoms with Gasteiger partial charge in [-0.1, -0.05) is 86.1 Å². The maximum atomic E-state index is 5.90. The van der Waals surface area contributed by atoms with Crippen molar-refractivity contribution in [1.82, 2.24) is 14.5 Å². The smallest absolute Gasteiger partial charge is 0.140 e. The molecule has 0 atom stereocenters. The molecule has 0 fully saturated rings. The standard InChI is InChI=1S/C28H32N4/c1-2-3-18-32-27(19-30-28(32)25-12-8-5-9-13-25)22-31(20-23-10-6-4-7-11-23)21-24-14-16-26(29)17-15-24/h4-17,19H,2-3,18,20-22,29H2,1H3. The maximum Gasteiger partial charge on any atom is 0.140 e. The minimum Gasteiger partial charge on any atom is -0.399 e. The van der Waals surface area contributed by atoms with Gasteiger partial charge in [0.1, 0.15) is 5.82 Å². The third kappa shape index (κ3) is 5.65. The van der Waals surface area contributed by atoms with Crippen LogP contribution in [0.2, 0.25) is 0 Å². The van der Waals surface area contributed by atoms with Crippen LogP contribution in [0.3, 0.4) is 0 Å². The van der Waals surface area contributed by atoms with Crippen LogP contribution in [-0.2, 0) is 26.2 Å². The number of imidazole rings is 1. The summed E-state index contributed by atoms with van der Waals surface area (Å²) in [5, 5.41) is 0. The summed E-state index contributed by atoms with van der Waals surface area (Å²) in [7, 11) is 0. The number of hydrogen-bond acceptors (Lipinski definition) is 3. The summed E-state index contributed by atoms with van der Waals surface area (Å²) in [6.07, 6.45) is 4.35. The van der Waals surface area contributed by atoms with Crippen LogP contribution >= 0.6 is 0 Å². The number of anilines is 1. The molecule has 4 aromatic rings. The van der Waals surface area contributed by atoms with E-state index in [9.17, 15) is 0 Å². The summed E-state index contributed by atoms with van der Waals surface area (Å²) in [5.41, 5.74) is 11.7. The molecule has 0 saturated carbocycles. The summed E-state index contributed by atoms with van der Waals surface area (Å²) < 4.78 is 2.40. The Balaban J connectivity index is 1.62. The molecule has 4 heteroatoms. The number of aromatic nitrogens is 2. The number of nitrogens with zero attached hydrogens (tertiary/aromatic N) is 3. The third-order valence-corrected chi connectivity index (χ3v) is 5.73. The first kappa shape index (κ1) is 21.8. The number of nitrogens with two attached hydrogens (primary N) is 1. The quantitative estimate of drug-likeness (QED) is 0.311. The van der Waals surface area contributed by atoms with Crippen molar-refractivity contribution in [2.24, 2.45) is 0 Å². The fourth-order valence-electron chi connectivity index (χ4n) is 4.04. The molecule has 3 aromatic carbocycles. The molecular formula is C28H32N4. The monoisotopic (exact) mass is 424 g/mol. The van der Waals surface area contributed by atoms with Crippen LogP contribution in [0.5, 0.6) is 0 Å². The van der Waals surface area contributed by atoms with E-state index in [4.69, 9.17) is 10.7 Å². The molecule has 0 amide bonds. The van der Waals surface area contributed by atoms with Crippen LogP contribution in [-0.4, -0.2) is 14.5 Å². The molecule has 4 rings (SSSR count). The highest BCUT2D eigenvalue weighted by Gasteiger charge is 2.16. The summed E-state index contributed by atoms with van der Waals surface area (Å²) in [6.45, 7) is 5.79. The van der Waals surface area contributed by atoms with Crippen molar-refractivity contribution < 1.29 is 0 Å². The Morgan fingerprint density at radius 3 is 2.06 bits per heavy atom. The predicted octanol–water partition coefficient (Wildman–Crippen LogP) is 6.13. The molecule has 0 radical (unpaired) electrons. The molecule has 4 nitrogen and oxygen atoms in total. The normalized spacial score (nSPS) is 11.2. The minimum absolute atomic E-state index is 0.800. The Morgan fingerprint density at radius 2 is 1.41 bits per heavy atom. The van der Waals surface area contributed by atoms with E-state index in [1.54, 1.807) is 0 Å². The lowest BCUT2D eigenvalue weighted by Gasteiger charge is -2.24.